The number of rotatable bonds is 6. The van der Waals surface area contributed by atoms with E-state index in [-0.39, 0.29) is 0 Å². The number of aromatic nitrogens is 2. The highest BCUT2D eigenvalue weighted by Gasteiger charge is 2.19. The van der Waals surface area contributed by atoms with Gasteiger partial charge in [0.2, 0.25) is 5.75 Å². The van der Waals surface area contributed by atoms with Crippen LogP contribution in [0.4, 0.5) is 0 Å². The Hall–Kier alpha value is -3.22. The van der Waals surface area contributed by atoms with E-state index in [0.717, 1.165) is 11.1 Å². The van der Waals surface area contributed by atoms with Gasteiger partial charge in [0, 0.05) is 5.56 Å². The molecule has 130 valence electrons. The molecule has 0 aliphatic rings. The van der Waals surface area contributed by atoms with Gasteiger partial charge in [-0.2, -0.15) is 0 Å². The molecule has 3 aromatic rings. The van der Waals surface area contributed by atoms with Crippen molar-refractivity contribution in [3.8, 4) is 45.6 Å². The molecule has 0 atom stereocenters. The van der Waals surface area contributed by atoms with Crippen molar-refractivity contribution in [3.05, 3.63) is 36.7 Å². The smallest absolute Gasteiger partial charge is 0.203 e. The molecule has 0 saturated heterocycles. The molecule has 0 amide bonds. The van der Waals surface area contributed by atoms with Gasteiger partial charge < -0.3 is 23.5 Å². The molecule has 0 aliphatic carbocycles. The fourth-order valence-electron chi connectivity index (χ4n) is 2.50. The SMILES string of the molecule is COc1ccc(-c2cnoc2-c2cc(OC)c(OC)c(OC)c2)nc1. The van der Waals surface area contributed by atoms with Gasteiger partial charge in [-0.25, -0.2) is 0 Å². The van der Waals surface area contributed by atoms with Crippen LogP contribution < -0.4 is 18.9 Å². The largest absolute Gasteiger partial charge is 0.495 e. The third-order valence-electron chi connectivity index (χ3n) is 3.75. The lowest BCUT2D eigenvalue weighted by Gasteiger charge is -2.13. The van der Waals surface area contributed by atoms with Crippen LogP contribution >= 0.6 is 0 Å². The van der Waals surface area contributed by atoms with Crippen LogP contribution in [0.2, 0.25) is 0 Å². The Bertz CT molecular complexity index is 833. The van der Waals surface area contributed by atoms with Crippen molar-refractivity contribution in [2.45, 2.75) is 0 Å². The Morgan fingerprint density at radius 2 is 1.56 bits per heavy atom. The van der Waals surface area contributed by atoms with Gasteiger partial charge in [-0.3, -0.25) is 4.98 Å². The van der Waals surface area contributed by atoms with Crippen molar-refractivity contribution in [2.75, 3.05) is 28.4 Å². The minimum absolute atomic E-state index is 0.511. The summed E-state index contributed by atoms with van der Waals surface area (Å²) < 4.78 is 26.7. The molecular formula is C18H18N2O5. The minimum Gasteiger partial charge on any atom is -0.495 e. The zero-order valence-corrected chi connectivity index (χ0v) is 14.4. The summed E-state index contributed by atoms with van der Waals surface area (Å²) in [4.78, 5) is 4.38. The molecule has 0 spiro atoms. The van der Waals surface area contributed by atoms with Crippen molar-refractivity contribution in [3.63, 3.8) is 0 Å². The second-order valence-electron chi connectivity index (χ2n) is 5.07. The summed E-state index contributed by atoms with van der Waals surface area (Å²) in [6.07, 6.45) is 3.26. The zero-order chi connectivity index (χ0) is 17.8. The van der Waals surface area contributed by atoms with Crippen molar-refractivity contribution in [1.29, 1.82) is 0 Å². The summed E-state index contributed by atoms with van der Waals surface area (Å²) in [5, 5.41) is 3.91. The number of ether oxygens (including phenoxy) is 4. The van der Waals surface area contributed by atoms with Crippen molar-refractivity contribution in [2.24, 2.45) is 0 Å². The summed E-state index contributed by atoms with van der Waals surface area (Å²) in [7, 11) is 6.28. The lowest BCUT2D eigenvalue weighted by molar-refractivity contribution is 0.324. The molecule has 0 saturated carbocycles. The Morgan fingerprint density at radius 3 is 2.08 bits per heavy atom. The summed E-state index contributed by atoms with van der Waals surface area (Å²) in [6.45, 7) is 0. The standard InChI is InChI=1S/C18H18N2O5/c1-21-12-5-6-14(19-9-12)13-10-20-25-17(13)11-7-15(22-2)18(24-4)16(8-11)23-3/h5-10H,1-4H3. The van der Waals surface area contributed by atoms with Gasteiger partial charge >= 0.3 is 0 Å². The number of pyridine rings is 1. The molecule has 7 nitrogen and oxygen atoms in total. The monoisotopic (exact) mass is 342 g/mol. The molecule has 2 heterocycles. The minimum atomic E-state index is 0.511. The molecule has 3 rings (SSSR count). The van der Waals surface area contributed by atoms with Crippen LogP contribution in [0.1, 0.15) is 0 Å². The van der Waals surface area contributed by atoms with E-state index in [1.807, 2.05) is 12.1 Å². The maximum absolute atomic E-state index is 5.46. The topological polar surface area (TPSA) is 75.8 Å². The second-order valence-corrected chi connectivity index (χ2v) is 5.07. The highest BCUT2D eigenvalue weighted by molar-refractivity contribution is 5.79. The van der Waals surface area contributed by atoms with Gasteiger partial charge in [-0.15, -0.1) is 0 Å². The van der Waals surface area contributed by atoms with Crippen LogP contribution in [-0.2, 0) is 0 Å². The van der Waals surface area contributed by atoms with Crippen LogP contribution in [0.25, 0.3) is 22.6 Å². The Morgan fingerprint density at radius 1 is 0.840 bits per heavy atom. The van der Waals surface area contributed by atoms with Crippen LogP contribution in [0, 0.1) is 0 Å². The van der Waals surface area contributed by atoms with E-state index in [4.69, 9.17) is 23.5 Å². The first-order chi connectivity index (χ1) is 12.2. The van der Waals surface area contributed by atoms with E-state index >= 15 is 0 Å². The highest BCUT2D eigenvalue weighted by atomic mass is 16.5. The highest BCUT2D eigenvalue weighted by Crippen LogP contribution is 2.43. The molecule has 1 aromatic carbocycles. The van der Waals surface area contributed by atoms with Gasteiger partial charge in [0.05, 0.1) is 52.1 Å². The molecule has 0 unspecified atom stereocenters. The number of hydrogen-bond donors (Lipinski definition) is 0. The van der Waals surface area contributed by atoms with Gasteiger partial charge in [-0.05, 0) is 24.3 Å². The molecule has 0 bridgehead atoms. The predicted octanol–water partition coefficient (Wildman–Crippen LogP) is 3.44. The maximum Gasteiger partial charge on any atom is 0.203 e. The van der Waals surface area contributed by atoms with Crippen LogP contribution in [0.3, 0.4) is 0 Å². The second kappa shape index (κ2) is 7.12. The first kappa shape index (κ1) is 16.6. The van der Waals surface area contributed by atoms with E-state index in [0.29, 0.717) is 34.5 Å². The quantitative estimate of drug-likeness (QED) is 0.679. The van der Waals surface area contributed by atoms with E-state index in [1.54, 1.807) is 53.0 Å². The van der Waals surface area contributed by atoms with Crippen molar-refractivity contribution in [1.82, 2.24) is 10.1 Å². The average Bonchev–Trinajstić information content (AvgIpc) is 3.16. The van der Waals surface area contributed by atoms with E-state index < -0.39 is 0 Å². The van der Waals surface area contributed by atoms with Crippen molar-refractivity contribution >= 4 is 0 Å². The molecule has 0 aliphatic heterocycles. The lowest BCUT2D eigenvalue weighted by atomic mass is 10.1. The summed E-state index contributed by atoms with van der Waals surface area (Å²) in [6, 6.07) is 7.27. The predicted molar refractivity (Wildman–Crippen MR) is 91.4 cm³/mol. The Balaban J connectivity index is 2.10. The number of benzene rings is 1. The third kappa shape index (κ3) is 3.08. The first-order valence-electron chi connectivity index (χ1n) is 7.47. The number of hydrogen-bond acceptors (Lipinski definition) is 7. The maximum atomic E-state index is 5.46. The first-order valence-corrected chi connectivity index (χ1v) is 7.47. The molecular weight excluding hydrogens is 324 g/mol. The summed E-state index contributed by atoms with van der Waals surface area (Å²) in [5.41, 5.74) is 2.20. The summed E-state index contributed by atoms with van der Waals surface area (Å²) >= 11 is 0. The molecule has 25 heavy (non-hydrogen) atoms. The Kier molecular flexibility index (Phi) is 4.74. The number of methoxy groups -OCH3 is 4. The molecule has 2 aromatic heterocycles. The van der Waals surface area contributed by atoms with Gasteiger partial charge in [0.25, 0.3) is 0 Å². The van der Waals surface area contributed by atoms with Gasteiger partial charge in [0.15, 0.2) is 17.3 Å². The van der Waals surface area contributed by atoms with E-state index in [1.165, 1.54) is 0 Å². The van der Waals surface area contributed by atoms with Crippen LogP contribution in [0.5, 0.6) is 23.0 Å². The lowest BCUT2D eigenvalue weighted by Crippen LogP contribution is -1.96. The average molecular weight is 342 g/mol. The molecule has 0 N–H and O–H groups in total. The third-order valence-corrected chi connectivity index (χ3v) is 3.75. The number of nitrogens with zero attached hydrogens (tertiary/aromatic N) is 2. The van der Waals surface area contributed by atoms with Gasteiger partial charge in [0.1, 0.15) is 5.75 Å². The van der Waals surface area contributed by atoms with Crippen LogP contribution in [0.15, 0.2) is 41.2 Å². The van der Waals surface area contributed by atoms with Crippen molar-refractivity contribution < 1.29 is 23.5 Å². The molecule has 7 heteroatoms. The molecule has 0 fully saturated rings. The van der Waals surface area contributed by atoms with E-state index in [9.17, 15) is 0 Å². The van der Waals surface area contributed by atoms with Crippen LogP contribution in [-0.4, -0.2) is 38.6 Å². The summed E-state index contributed by atoms with van der Waals surface area (Å²) in [5.74, 6) is 2.80. The Labute approximate surface area is 145 Å². The van der Waals surface area contributed by atoms with E-state index in [2.05, 4.69) is 10.1 Å². The normalized spacial score (nSPS) is 10.4. The van der Waals surface area contributed by atoms with Gasteiger partial charge in [-0.1, -0.05) is 5.16 Å². The zero-order valence-electron chi connectivity index (χ0n) is 14.4. The fourth-order valence-corrected chi connectivity index (χ4v) is 2.50. The molecule has 0 radical (unpaired) electrons. The fraction of sp³-hybridized carbons (Fsp3) is 0.222.